The van der Waals surface area contributed by atoms with Gasteiger partial charge in [-0.1, -0.05) is 36.4 Å². The second kappa shape index (κ2) is 10.7. The molecule has 0 spiro atoms. The SMILES string of the molecule is O=C(O)[C@@H]1[C@H]2CC[C@@H](CN1C(=O)N(c1ccccc1)c1ccccc1)N2C(=O)N(Cc1ccsc1)CC1CC1. The Balaban J connectivity index is 1.30. The molecule has 6 rings (SSSR count). The van der Waals surface area contributed by atoms with E-state index >= 15 is 0 Å². The Hall–Kier alpha value is -3.85. The van der Waals surface area contributed by atoms with Crippen molar-refractivity contribution < 1.29 is 19.5 Å². The lowest BCUT2D eigenvalue weighted by atomic mass is 10.0. The average molecular weight is 545 g/mol. The lowest BCUT2D eigenvalue weighted by Gasteiger charge is -2.47. The van der Waals surface area contributed by atoms with Gasteiger partial charge in [-0.05, 0) is 78.3 Å². The Labute approximate surface area is 232 Å². The highest BCUT2D eigenvalue weighted by Crippen LogP contribution is 2.39. The van der Waals surface area contributed by atoms with Gasteiger partial charge in [0.2, 0.25) is 0 Å². The number of thiophene rings is 1. The molecule has 1 saturated carbocycles. The summed E-state index contributed by atoms with van der Waals surface area (Å²) in [6.45, 7) is 1.38. The minimum Gasteiger partial charge on any atom is -0.480 e. The number of nitrogens with zero attached hydrogens (tertiary/aromatic N) is 4. The van der Waals surface area contributed by atoms with Crippen LogP contribution in [-0.4, -0.2) is 69.1 Å². The normalized spacial score (nSPS) is 22.0. The number of piperazine rings is 1. The fourth-order valence-corrected chi connectivity index (χ4v) is 6.64. The first-order valence-electron chi connectivity index (χ1n) is 13.5. The van der Waals surface area contributed by atoms with E-state index < -0.39 is 24.1 Å². The maximum absolute atomic E-state index is 14.2. The summed E-state index contributed by atoms with van der Waals surface area (Å²) in [5.74, 6) is -0.576. The largest absolute Gasteiger partial charge is 0.480 e. The maximum atomic E-state index is 14.2. The first-order chi connectivity index (χ1) is 19.0. The quantitative estimate of drug-likeness (QED) is 0.417. The van der Waals surface area contributed by atoms with Crippen molar-refractivity contribution in [1.29, 1.82) is 0 Å². The molecule has 202 valence electrons. The lowest BCUT2D eigenvalue weighted by molar-refractivity contribution is -0.145. The fraction of sp³-hybridized carbons (Fsp3) is 0.367. The molecule has 39 heavy (non-hydrogen) atoms. The number of likely N-dealkylation sites (tertiary alicyclic amines) is 1. The highest BCUT2D eigenvalue weighted by molar-refractivity contribution is 7.07. The van der Waals surface area contributed by atoms with Crippen molar-refractivity contribution >= 4 is 40.7 Å². The van der Waals surface area contributed by atoms with Crippen LogP contribution < -0.4 is 4.90 Å². The molecule has 1 aliphatic carbocycles. The van der Waals surface area contributed by atoms with Gasteiger partial charge in [-0.15, -0.1) is 0 Å². The molecule has 3 atom stereocenters. The molecule has 1 N–H and O–H groups in total. The highest BCUT2D eigenvalue weighted by atomic mass is 32.1. The third kappa shape index (κ3) is 5.11. The summed E-state index contributed by atoms with van der Waals surface area (Å²) in [4.78, 5) is 47.7. The van der Waals surface area contributed by atoms with Crippen LogP contribution in [0.15, 0.2) is 77.5 Å². The van der Waals surface area contributed by atoms with Crippen molar-refractivity contribution in [2.75, 3.05) is 18.0 Å². The van der Waals surface area contributed by atoms with E-state index in [2.05, 4.69) is 5.38 Å². The van der Waals surface area contributed by atoms with Crippen molar-refractivity contribution in [1.82, 2.24) is 14.7 Å². The fourth-order valence-electron chi connectivity index (χ4n) is 5.98. The van der Waals surface area contributed by atoms with Gasteiger partial charge in [0.05, 0.1) is 23.5 Å². The van der Waals surface area contributed by atoms with Crippen molar-refractivity contribution in [3.63, 3.8) is 0 Å². The number of carboxylic acids is 1. The van der Waals surface area contributed by atoms with E-state index in [0.717, 1.165) is 18.4 Å². The average Bonchev–Trinajstić information content (AvgIpc) is 3.52. The van der Waals surface area contributed by atoms with E-state index in [4.69, 9.17) is 0 Å². The number of carbonyl (C=O) groups is 3. The van der Waals surface area contributed by atoms with Crippen LogP contribution in [0.2, 0.25) is 0 Å². The highest BCUT2D eigenvalue weighted by Gasteiger charge is 2.54. The third-order valence-electron chi connectivity index (χ3n) is 7.99. The molecular formula is C30H32N4O4S. The Bertz CT molecular complexity index is 1280. The van der Waals surface area contributed by atoms with Gasteiger partial charge in [0.1, 0.15) is 0 Å². The zero-order chi connectivity index (χ0) is 26.9. The Kier molecular flexibility index (Phi) is 6.99. The number of benzene rings is 2. The molecule has 8 nitrogen and oxygen atoms in total. The van der Waals surface area contributed by atoms with Crippen LogP contribution in [-0.2, 0) is 11.3 Å². The molecule has 3 aromatic rings. The zero-order valence-corrected chi connectivity index (χ0v) is 22.5. The molecule has 2 aliphatic heterocycles. The summed E-state index contributed by atoms with van der Waals surface area (Å²) in [6, 6.07) is 18.2. The molecule has 0 radical (unpaired) electrons. The summed E-state index contributed by atoms with van der Waals surface area (Å²) in [7, 11) is 0. The number of anilines is 2. The number of carbonyl (C=O) groups excluding carboxylic acids is 2. The van der Waals surface area contributed by atoms with Gasteiger partial charge in [0.15, 0.2) is 6.04 Å². The van der Waals surface area contributed by atoms with Crippen LogP contribution in [0.3, 0.4) is 0 Å². The summed E-state index contributed by atoms with van der Waals surface area (Å²) in [5, 5.41) is 14.5. The van der Waals surface area contributed by atoms with E-state index in [1.165, 1.54) is 4.90 Å². The van der Waals surface area contributed by atoms with E-state index in [1.54, 1.807) is 21.1 Å². The Morgan fingerprint density at radius 1 is 0.872 bits per heavy atom. The van der Waals surface area contributed by atoms with Gasteiger partial charge in [-0.25, -0.2) is 14.4 Å². The van der Waals surface area contributed by atoms with Crippen molar-refractivity contribution in [3.8, 4) is 0 Å². The van der Waals surface area contributed by atoms with Crippen molar-refractivity contribution in [3.05, 3.63) is 83.1 Å². The number of urea groups is 2. The predicted octanol–water partition coefficient (Wildman–Crippen LogP) is 5.64. The molecule has 2 bridgehead atoms. The first-order valence-corrected chi connectivity index (χ1v) is 14.5. The van der Waals surface area contributed by atoms with Crippen molar-refractivity contribution in [2.24, 2.45) is 5.92 Å². The van der Waals surface area contributed by atoms with Crippen LogP contribution in [0.4, 0.5) is 21.0 Å². The summed E-state index contributed by atoms with van der Waals surface area (Å²) < 4.78 is 0. The number of carboxylic acid groups (broad SMARTS) is 1. The summed E-state index contributed by atoms with van der Waals surface area (Å²) in [5.41, 5.74) is 2.41. The van der Waals surface area contributed by atoms with Crippen LogP contribution in [0.5, 0.6) is 0 Å². The molecule has 3 fully saturated rings. The minimum atomic E-state index is -1.13. The molecule has 3 aliphatic rings. The summed E-state index contributed by atoms with van der Waals surface area (Å²) >= 11 is 1.61. The standard InChI is InChI=1S/C30H32N4O4S/c35-28(36)27-26-14-13-25(34(26)29(37)31(17-21-11-12-21)18-22-15-16-39-20-22)19-32(27)30(38)33(23-7-3-1-4-8-23)24-9-5-2-6-10-24/h1-10,15-16,20-21,25-27H,11-14,17-19H2,(H,35,36)/t25-,26+,27-/m0/s1. The van der Waals surface area contributed by atoms with Crippen LogP contribution in [0.1, 0.15) is 31.2 Å². The number of para-hydroxylation sites is 2. The van der Waals surface area contributed by atoms with Gasteiger partial charge >= 0.3 is 18.0 Å². The second-order valence-corrected chi connectivity index (χ2v) is 11.4. The second-order valence-electron chi connectivity index (χ2n) is 10.7. The van der Waals surface area contributed by atoms with E-state index in [-0.39, 0.29) is 18.6 Å². The van der Waals surface area contributed by atoms with E-state index in [0.29, 0.717) is 43.2 Å². The molecule has 4 amide bonds. The smallest absolute Gasteiger partial charge is 0.329 e. The molecule has 0 unspecified atom stereocenters. The topological polar surface area (TPSA) is 84.4 Å². The van der Waals surface area contributed by atoms with Crippen LogP contribution in [0, 0.1) is 5.92 Å². The molecule has 3 heterocycles. The molecule has 2 aromatic carbocycles. The van der Waals surface area contributed by atoms with Crippen LogP contribution in [0.25, 0.3) is 0 Å². The first kappa shape index (κ1) is 25.4. The third-order valence-corrected chi connectivity index (χ3v) is 8.73. The zero-order valence-electron chi connectivity index (χ0n) is 21.6. The monoisotopic (exact) mass is 544 g/mol. The number of rotatable bonds is 7. The number of hydrogen-bond acceptors (Lipinski definition) is 4. The van der Waals surface area contributed by atoms with Gasteiger partial charge in [-0.3, -0.25) is 4.90 Å². The van der Waals surface area contributed by atoms with Crippen molar-refractivity contribution in [2.45, 2.75) is 50.4 Å². The van der Waals surface area contributed by atoms with Gasteiger partial charge < -0.3 is 19.8 Å². The van der Waals surface area contributed by atoms with Gasteiger partial charge in [0.25, 0.3) is 0 Å². The summed E-state index contributed by atoms with van der Waals surface area (Å²) in [6.07, 6.45) is 3.48. The van der Waals surface area contributed by atoms with Gasteiger partial charge in [0, 0.05) is 19.6 Å². The van der Waals surface area contributed by atoms with E-state index in [9.17, 15) is 19.5 Å². The van der Waals surface area contributed by atoms with Crippen LogP contribution >= 0.6 is 11.3 Å². The number of fused-ring (bicyclic) bond motifs is 2. The molecule has 1 aromatic heterocycles. The van der Waals surface area contributed by atoms with Gasteiger partial charge in [-0.2, -0.15) is 11.3 Å². The van der Waals surface area contributed by atoms with E-state index in [1.807, 2.05) is 77.0 Å². The Morgan fingerprint density at radius 3 is 2.10 bits per heavy atom. The maximum Gasteiger partial charge on any atom is 0.329 e. The number of hydrogen-bond donors (Lipinski definition) is 1. The predicted molar refractivity (Wildman–Crippen MR) is 150 cm³/mol. The number of aliphatic carboxylic acids is 1. The molecule has 2 saturated heterocycles. The number of amides is 4. The lowest BCUT2D eigenvalue weighted by Crippen LogP contribution is -2.67. The molecular weight excluding hydrogens is 512 g/mol. The minimum absolute atomic E-state index is 0.109. The Morgan fingerprint density at radius 2 is 1.54 bits per heavy atom. The molecule has 9 heteroatoms.